The summed E-state index contributed by atoms with van der Waals surface area (Å²) in [7, 11) is 1.72. The quantitative estimate of drug-likeness (QED) is 0.464. The van der Waals surface area contributed by atoms with Crippen LogP contribution in [0.3, 0.4) is 0 Å². The summed E-state index contributed by atoms with van der Waals surface area (Å²) in [6.07, 6.45) is 3.35. The van der Waals surface area contributed by atoms with Crippen LogP contribution in [0.2, 0.25) is 0 Å². The monoisotopic (exact) mass is 402 g/mol. The highest BCUT2D eigenvalue weighted by atomic mass is 19.1. The third-order valence-electron chi connectivity index (χ3n) is 4.98. The van der Waals surface area contributed by atoms with Gasteiger partial charge in [0.25, 0.3) is 0 Å². The number of aliphatic hydroxyl groups excluding tert-OH is 1. The van der Waals surface area contributed by atoms with Gasteiger partial charge in [0.2, 0.25) is 5.88 Å². The molecule has 29 heavy (non-hydrogen) atoms. The first-order valence-corrected chi connectivity index (χ1v) is 9.64. The Labute approximate surface area is 170 Å². The Bertz CT molecular complexity index is 791. The molecule has 0 spiro atoms. The van der Waals surface area contributed by atoms with E-state index < -0.39 is 0 Å². The van der Waals surface area contributed by atoms with E-state index in [0.717, 1.165) is 18.6 Å². The summed E-state index contributed by atoms with van der Waals surface area (Å²) in [6.45, 7) is 2.76. The number of pyridine rings is 1. The van der Waals surface area contributed by atoms with Gasteiger partial charge in [-0.15, -0.1) is 0 Å². The molecule has 0 radical (unpaired) electrons. The minimum absolute atomic E-state index is 0.0483. The Balaban J connectivity index is 1.48. The highest BCUT2D eigenvalue weighted by molar-refractivity contribution is 5.79. The molecule has 2 aromatic rings. The fraction of sp³-hybridized carbons (Fsp3) is 0.429. The smallest absolute Gasteiger partial charge is 0.219 e. The van der Waals surface area contributed by atoms with E-state index in [2.05, 4.69) is 20.6 Å². The molecule has 1 fully saturated rings. The van der Waals surface area contributed by atoms with Crippen molar-refractivity contribution in [2.24, 2.45) is 10.4 Å². The van der Waals surface area contributed by atoms with Crippen molar-refractivity contribution in [3.63, 3.8) is 0 Å². The maximum absolute atomic E-state index is 12.9. The van der Waals surface area contributed by atoms with Gasteiger partial charge in [-0.3, -0.25) is 4.99 Å². The van der Waals surface area contributed by atoms with Crippen LogP contribution in [-0.4, -0.2) is 49.5 Å². The number of guanidine groups is 1. The Morgan fingerprint density at radius 3 is 2.72 bits per heavy atom. The third-order valence-corrected chi connectivity index (χ3v) is 4.98. The maximum atomic E-state index is 12.9. The second-order valence-corrected chi connectivity index (χ2v) is 7.12. The van der Waals surface area contributed by atoms with E-state index in [1.165, 1.54) is 12.1 Å². The number of ether oxygens (including phenoxy) is 2. The van der Waals surface area contributed by atoms with Gasteiger partial charge in [0.05, 0.1) is 6.61 Å². The lowest BCUT2D eigenvalue weighted by Gasteiger charge is -2.27. The molecule has 0 saturated carbocycles. The Morgan fingerprint density at radius 1 is 1.28 bits per heavy atom. The molecular formula is C21H27FN4O3. The summed E-state index contributed by atoms with van der Waals surface area (Å²) < 4.78 is 24.1. The lowest BCUT2D eigenvalue weighted by molar-refractivity contribution is 0.127. The van der Waals surface area contributed by atoms with Gasteiger partial charge < -0.3 is 25.2 Å². The standard InChI is InChI=1S/C21H27FN4O3/c1-23-20(26-14-21(8-10-27)9-11-28-15-21)25-13-16-2-7-19(24-12-16)29-18-5-3-17(22)4-6-18/h2-7,12,27H,8-11,13-15H2,1H3,(H2,23,25,26). The third kappa shape index (κ3) is 6.13. The number of aliphatic hydroxyl groups is 1. The topological polar surface area (TPSA) is 88.0 Å². The molecule has 3 N–H and O–H groups in total. The van der Waals surface area contributed by atoms with E-state index in [4.69, 9.17) is 9.47 Å². The van der Waals surface area contributed by atoms with Crippen molar-refractivity contribution >= 4 is 5.96 Å². The molecule has 8 heteroatoms. The van der Waals surface area contributed by atoms with Gasteiger partial charge in [0.1, 0.15) is 11.6 Å². The van der Waals surface area contributed by atoms with Crippen molar-refractivity contribution < 1.29 is 19.0 Å². The van der Waals surface area contributed by atoms with Gasteiger partial charge in [-0.05, 0) is 42.7 Å². The second-order valence-electron chi connectivity index (χ2n) is 7.12. The summed E-state index contributed by atoms with van der Waals surface area (Å²) in [4.78, 5) is 8.54. The molecule has 7 nitrogen and oxygen atoms in total. The zero-order valence-electron chi connectivity index (χ0n) is 16.5. The summed E-state index contributed by atoms with van der Waals surface area (Å²) in [5.74, 6) is 1.34. The molecule has 1 aliphatic heterocycles. The number of hydrogen-bond acceptors (Lipinski definition) is 5. The molecule has 156 valence electrons. The van der Waals surface area contributed by atoms with Crippen LogP contribution in [0.4, 0.5) is 4.39 Å². The first-order chi connectivity index (χ1) is 14.1. The first-order valence-electron chi connectivity index (χ1n) is 9.64. The molecule has 1 saturated heterocycles. The second kappa shape index (κ2) is 10.2. The number of hydrogen-bond donors (Lipinski definition) is 3. The number of aromatic nitrogens is 1. The maximum Gasteiger partial charge on any atom is 0.219 e. The van der Waals surface area contributed by atoms with Crippen LogP contribution < -0.4 is 15.4 Å². The fourth-order valence-corrected chi connectivity index (χ4v) is 3.19. The van der Waals surface area contributed by atoms with E-state index in [1.807, 2.05) is 6.07 Å². The lowest BCUT2D eigenvalue weighted by Crippen LogP contribution is -2.44. The van der Waals surface area contributed by atoms with Crippen molar-refractivity contribution in [3.8, 4) is 11.6 Å². The van der Waals surface area contributed by atoms with E-state index in [-0.39, 0.29) is 17.8 Å². The molecule has 2 heterocycles. The van der Waals surface area contributed by atoms with E-state index in [9.17, 15) is 9.50 Å². The number of aliphatic imine (C=N–C) groups is 1. The highest BCUT2D eigenvalue weighted by Gasteiger charge is 2.34. The van der Waals surface area contributed by atoms with Crippen molar-refractivity contribution in [1.82, 2.24) is 15.6 Å². The van der Waals surface area contributed by atoms with Gasteiger partial charge >= 0.3 is 0 Å². The van der Waals surface area contributed by atoms with Crippen LogP contribution in [0.15, 0.2) is 47.6 Å². The highest BCUT2D eigenvalue weighted by Crippen LogP contribution is 2.31. The minimum atomic E-state index is -0.309. The molecular weight excluding hydrogens is 375 g/mol. The predicted octanol–water partition coefficient (Wildman–Crippen LogP) is 2.47. The molecule has 3 rings (SSSR count). The SMILES string of the molecule is CN=C(NCc1ccc(Oc2ccc(F)cc2)nc1)NCC1(CCO)CCOC1. The van der Waals surface area contributed by atoms with Crippen molar-refractivity contribution in [2.45, 2.75) is 19.4 Å². The molecule has 1 aromatic heterocycles. The number of rotatable bonds is 8. The predicted molar refractivity (Wildman–Crippen MR) is 108 cm³/mol. The Morgan fingerprint density at radius 2 is 2.10 bits per heavy atom. The summed E-state index contributed by atoms with van der Waals surface area (Å²) in [5, 5.41) is 15.9. The molecule has 0 aliphatic carbocycles. The largest absolute Gasteiger partial charge is 0.439 e. The zero-order chi connectivity index (χ0) is 20.5. The number of halogens is 1. The fourth-order valence-electron chi connectivity index (χ4n) is 3.19. The Hall–Kier alpha value is -2.71. The van der Waals surface area contributed by atoms with E-state index in [1.54, 1.807) is 31.4 Å². The average molecular weight is 402 g/mol. The van der Waals surface area contributed by atoms with Crippen LogP contribution >= 0.6 is 0 Å². The Kier molecular flexibility index (Phi) is 7.37. The molecule has 1 aromatic carbocycles. The van der Waals surface area contributed by atoms with Crippen LogP contribution in [0.1, 0.15) is 18.4 Å². The molecule has 0 amide bonds. The van der Waals surface area contributed by atoms with Crippen molar-refractivity contribution in [2.75, 3.05) is 33.4 Å². The number of nitrogens with zero attached hydrogens (tertiary/aromatic N) is 2. The van der Waals surface area contributed by atoms with Gasteiger partial charge in [-0.25, -0.2) is 9.37 Å². The van der Waals surface area contributed by atoms with Crippen molar-refractivity contribution in [3.05, 3.63) is 54.0 Å². The summed E-state index contributed by atoms with van der Waals surface area (Å²) >= 11 is 0. The minimum Gasteiger partial charge on any atom is -0.439 e. The normalized spacial score (nSPS) is 19.2. The molecule has 1 aliphatic rings. The van der Waals surface area contributed by atoms with Crippen LogP contribution in [0.25, 0.3) is 0 Å². The number of benzene rings is 1. The van der Waals surface area contributed by atoms with Crippen LogP contribution in [0.5, 0.6) is 11.6 Å². The van der Waals surface area contributed by atoms with Gasteiger partial charge in [0.15, 0.2) is 5.96 Å². The zero-order valence-corrected chi connectivity index (χ0v) is 16.5. The van der Waals surface area contributed by atoms with Gasteiger partial charge in [-0.1, -0.05) is 6.07 Å². The van der Waals surface area contributed by atoms with Gasteiger partial charge in [-0.2, -0.15) is 0 Å². The van der Waals surface area contributed by atoms with E-state index >= 15 is 0 Å². The van der Waals surface area contributed by atoms with E-state index in [0.29, 0.717) is 43.7 Å². The summed E-state index contributed by atoms with van der Waals surface area (Å²) in [5.41, 5.74) is 0.918. The first kappa shape index (κ1) is 21.0. The van der Waals surface area contributed by atoms with Crippen molar-refractivity contribution in [1.29, 1.82) is 0 Å². The number of nitrogens with one attached hydrogen (secondary N) is 2. The molecule has 0 bridgehead atoms. The van der Waals surface area contributed by atoms with Gasteiger partial charge in [0, 0.05) is 51.0 Å². The lowest BCUT2D eigenvalue weighted by atomic mass is 9.84. The van der Waals surface area contributed by atoms with Crippen LogP contribution in [-0.2, 0) is 11.3 Å². The average Bonchev–Trinajstić information content (AvgIpc) is 3.20. The molecule has 1 atom stereocenters. The molecule has 1 unspecified atom stereocenters. The summed E-state index contributed by atoms with van der Waals surface area (Å²) in [6, 6.07) is 9.47. The van der Waals surface area contributed by atoms with Crippen LogP contribution in [0, 0.1) is 11.2 Å².